The van der Waals surface area contributed by atoms with Crippen LogP contribution in [0.15, 0.2) is 199 Å². The predicted molar refractivity (Wildman–Crippen MR) is 247 cm³/mol. The standard InChI is InChI=1S/C54H36N2OS/c1-2-14-35(15-3-1)45-33-37(36-16-12-17-38(32-36)55-47-23-8-4-18-40(47)41-19-5-9-24-48(41)55)28-30-49(45)56(39-29-31-52-46(34-39)42-20-6-10-26-51(42)57-52)50-25-13-22-44-43-21-7-11-27-53(43)58-54(44)50/h2,4-34H,1,3H2. The molecule has 1 aliphatic rings. The normalized spacial score (nSPS) is 13.1. The van der Waals surface area contributed by atoms with Gasteiger partial charge in [0.25, 0.3) is 0 Å². The van der Waals surface area contributed by atoms with Crippen molar-refractivity contribution in [3.8, 4) is 16.8 Å². The Labute approximate surface area is 339 Å². The Bertz CT molecular complexity index is 3430. The number of fused-ring (bicyclic) bond motifs is 9. The summed E-state index contributed by atoms with van der Waals surface area (Å²) in [5.74, 6) is 0. The number of aromatic nitrogens is 1. The van der Waals surface area contributed by atoms with E-state index in [4.69, 9.17) is 4.42 Å². The number of para-hydroxylation sites is 3. The molecule has 0 spiro atoms. The minimum Gasteiger partial charge on any atom is -0.456 e. The molecule has 3 aromatic heterocycles. The predicted octanol–water partition coefficient (Wildman–Crippen LogP) is 15.9. The van der Waals surface area contributed by atoms with E-state index in [1.807, 2.05) is 17.4 Å². The molecular weight excluding hydrogens is 725 g/mol. The van der Waals surface area contributed by atoms with E-state index in [1.165, 1.54) is 64.2 Å². The molecule has 0 unspecified atom stereocenters. The van der Waals surface area contributed by atoms with Gasteiger partial charge in [-0.3, -0.25) is 0 Å². The van der Waals surface area contributed by atoms with Crippen molar-refractivity contribution in [2.75, 3.05) is 4.90 Å². The Kier molecular flexibility index (Phi) is 7.54. The van der Waals surface area contributed by atoms with Crippen LogP contribution in [-0.4, -0.2) is 4.57 Å². The Morgan fingerprint density at radius 2 is 1.21 bits per heavy atom. The SMILES string of the molecule is C1=CC(c2cc(-c3cccc(-n4c5ccccc5c5ccccc54)c3)ccc2N(c2ccc3oc4ccccc4c3c2)c2cccc3c2sc2ccccc23)=CCC1. The lowest BCUT2D eigenvalue weighted by atomic mass is 9.93. The second kappa shape index (κ2) is 13.2. The maximum atomic E-state index is 6.34. The summed E-state index contributed by atoms with van der Waals surface area (Å²) < 4.78 is 11.3. The Morgan fingerprint density at radius 1 is 0.500 bits per heavy atom. The van der Waals surface area contributed by atoms with Crippen molar-refractivity contribution < 1.29 is 4.42 Å². The first kappa shape index (κ1) is 33.0. The highest BCUT2D eigenvalue weighted by Gasteiger charge is 2.23. The van der Waals surface area contributed by atoms with Crippen LogP contribution in [0.5, 0.6) is 0 Å². The van der Waals surface area contributed by atoms with Gasteiger partial charge in [-0.05, 0) is 102 Å². The first-order chi connectivity index (χ1) is 28.8. The summed E-state index contributed by atoms with van der Waals surface area (Å²) in [5.41, 5.74) is 13.5. The highest BCUT2D eigenvalue weighted by Crippen LogP contribution is 2.48. The van der Waals surface area contributed by atoms with Crippen LogP contribution in [0.1, 0.15) is 18.4 Å². The molecule has 0 N–H and O–H groups in total. The minimum absolute atomic E-state index is 0.890. The summed E-state index contributed by atoms with van der Waals surface area (Å²) in [4.78, 5) is 2.48. The van der Waals surface area contributed by atoms with Crippen LogP contribution in [-0.2, 0) is 0 Å². The number of benzene rings is 8. The monoisotopic (exact) mass is 760 g/mol. The zero-order chi connectivity index (χ0) is 38.2. The van der Waals surface area contributed by atoms with Crippen molar-refractivity contribution >= 4 is 97.9 Å². The smallest absolute Gasteiger partial charge is 0.135 e. The van der Waals surface area contributed by atoms with Gasteiger partial charge in [0.05, 0.1) is 27.1 Å². The number of anilines is 3. The fraction of sp³-hybridized carbons (Fsp3) is 0.0370. The van der Waals surface area contributed by atoms with Crippen LogP contribution in [0, 0.1) is 0 Å². The number of nitrogens with zero attached hydrogens (tertiary/aromatic N) is 2. The second-order valence-corrected chi connectivity index (χ2v) is 16.2. The lowest BCUT2D eigenvalue weighted by molar-refractivity contribution is 0.669. The van der Waals surface area contributed by atoms with E-state index < -0.39 is 0 Å². The van der Waals surface area contributed by atoms with Crippen LogP contribution in [0.2, 0.25) is 0 Å². The molecule has 0 saturated carbocycles. The van der Waals surface area contributed by atoms with Gasteiger partial charge in [-0.25, -0.2) is 0 Å². The molecule has 1 aliphatic carbocycles. The fourth-order valence-electron chi connectivity index (χ4n) is 9.15. The number of rotatable bonds is 6. The maximum absolute atomic E-state index is 6.34. The van der Waals surface area contributed by atoms with Crippen molar-refractivity contribution in [3.05, 3.63) is 200 Å². The quantitative estimate of drug-likeness (QED) is 0.168. The van der Waals surface area contributed by atoms with Crippen molar-refractivity contribution in [1.29, 1.82) is 0 Å². The Morgan fingerprint density at radius 3 is 2.03 bits per heavy atom. The highest BCUT2D eigenvalue weighted by molar-refractivity contribution is 7.26. The molecule has 0 radical (unpaired) electrons. The molecule has 3 heterocycles. The molecule has 0 fully saturated rings. The van der Waals surface area contributed by atoms with Crippen molar-refractivity contribution in [2.24, 2.45) is 0 Å². The van der Waals surface area contributed by atoms with Gasteiger partial charge < -0.3 is 13.9 Å². The number of hydrogen-bond donors (Lipinski definition) is 0. The lowest BCUT2D eigenvalue weighted by Crippen LogP contribution is -2.12. The lowest BCUT2D eigenvalue weighted by Gasteiger charge is -2.29. The van der Waals surface area contributed by atoms with Crippen LogP contribution in [0.4, 0.5) is 17.1 Å². The van der Waals surface area contributed by atoms with Gasteiger partial charge >= 0.3 is 0 Å². The summed E-state index contributed by atoms with van der Waals surface area (Å²) in [6.07, 6.45) is 9.09. The van der Waals surface area contributed by atoms with Gasteiger partial charge in [-0.2, -0.15) is 0 Å². The number of allylic oxidation sites excluding steroid dienone is 4. The molecule has 0 bridgehead atoms. The van der Waals surface area contributed by atoms with Gasteiger partial charge in [-0.1, -0.05) is 121 Å². The number of furan rings is 1. The van der Waals surface area contributed by atoms with Crippen molar-refractivity contribution in [3.63, 3.8) is 0 Å². The largest absolute Gasteiger partial charge is 0.456 e. The molecule has 4 heteroatoms. The number of hydrogen-bond acceptors (Lipinski definition) is 3. The van der Waals surface area contributed by atoms with Crippen molar-refractivity contribution in [2.45, 2.75) is 12.8 Å². The van der Waals surface area contributed by atoms with Gasteiger partial charge in [0, 0.05) is 54.0 Å². The van der Waals surface area contributed by atoms with Gasteiger partial charge in [0.15, 0.2) is 0 Å². The van der Waals surface area contributed by atoms with Gasteiger partial charge in [0.2, 0.25) is 0 Å². The molecule has 0 amide bonds. The van der Waals surface area contributed by atoms with E-state index in [0.29, 0.717) is 0 Å². The molecule has 11 aromatic rings. The molecule has 58 heavy (non-hydrogen) atoms. The second-order valence-electron chi connectivity index (χ2n) is 15.2. The van der Waals surface area contributed by atoms with Gasteiger partial charge in [-0.15, -0.1) is 11.3 Å². The zero-order valence-electron chi connectivity index (χ0n) is 31.6. The maximum Gasteiger partial charge on any atom is 0.135 e. The molecule has 0 saturated heterocycles. The van der Waals surface area contributed by atoms with E-state index in [2.05, 4.69) is 198 Å². The van der Waals surface area contributed by atoms with E-state index in [1.54, 1.807) is 0 Å². The summed E-state index contributed by atoms with van der Waals surface area (Å²) in [7, 11) is 0. The van der Waals surface area contributed by atoms with Gasteiger partial charge in [0.1, 0.15) is 11.2 Å². The Balaban J connectivity index is 1.09. The summed E-state index contributed by atoms with van der Waals surface area (Å²) >= 11 is 1.87. The summed E-state index contributed by atoms with van der Waals surface area (Å²) in [6.45, 7) is 0. The minimum atomic E-state index is 0.890. The van der Waals surface area contributed by atoms with E-state index >= 15 is 0 Å². The fourth-order valence-corrected chi connectivity index (χ4v) is 10.4. The average Bonchev–Trinajstić information content (AvgIpc) is 3.97. The molecule has 274 valence electrons. The molecular formula is C54H36N2OS. The first-order valence-electron chi connectivity index (χ1n) is 20.0. The van der Waals surface area contributed by atoms with Crippen LogP contribution >= 0.6 is 11.3 Å². The topological polar surface area (TPSA) is 21.3 Å². The van der Waals surface area contributed by atoms with E-state index in [-0.39, 0.29) is 0 Å². The van der Waals surface area contributed by atoms with Crippen LogP contribution in [0.25, 0.3) is 86.3 Å². The van der Waals surface area contributed by atoms with Crippen molar-refractivity contribution in [1.82, 2.24) is 4.57 Å². The van der Waals surface area contributed by atoms with E-state index in [0.717, 1.165) is 57.5 Å². The average molecular weight is 761 g/mol. The van der Waals surface area contributed by atoms with E-state index in [9.17, 15) is 0 Å². The third kappa shape index (κ3) is 5.19. The third-order valence-corrected chi connectivity index (χ3v) is 13.0. The zero-order valence-corrected chi connectivity index (χ0v) is 32.4. The van der Waals surface area contributed by atoms with Crippen LogP contribution < -0.4 is 4.90 Å². The molecule has 3 nitrogen and oxygen atoms in total. The third-order valence-electron chi connectivity index (χ3n) is 11.8. The molecule has 8 aromatic carbocycles. The Hall–Kier alpha value is -7.14. The highest BCUT2D eigenvalue weighted by atomic mass is 32.1. The summed E-state index contributed by atoms with van der Waals surface area (Å²) in [6, 6.07) is 64.1. The summed E-state index contributed by atoms with van der Waals surface area (Å²) in [5, 5.41) is 7.32. The molecule has 0 aliphatic heterocycles. The molecule has 0 atom stereocenters. The van der Waals surface area contributed by atoms with Crippen LogP contribution in [0.3, 0.4) is 0 Å². The molecule has 12 rings (SSSR count). The number of thiophene rings is 1. The first-order valence-corrected chi connectivity index (χ1v) is 20.8.